The average molecular weight is 447 g/mol. The van der Waals surface area contributed by atoms with Crippen LogP contribution in [0.4, 0.5) is 5.69 Å². The first-order valence-corrected chi connectivity index (χ1v) is 10.0. The number of benzene rings is 3. The van der Waals surface area contributed by atoms with Gasteiger partial charge in [0.25, 0.3) is 5.91 Å². The molecule has 0 radical (unpaired) electrons. The van der Waals surface area contributed by atoms with Crippen LogP contribution >= 0.6 is 15.9 Å². The Bertz CT molecular complexity index is 1090. The predicted molar refractivity (Wildman–Crippen MR) is 120 cm³/mol. The van der Waals surface area contributed by atoms with Crippen molar-refractivity contribution in [3.63, 3.8) is 0 Å². The lowest BCUT2D eigenvalue weighted by atomic mass is 10.1. The van der Waals surface area contributed by atoms with Crippen molar-refractivity contribution in [2.24, 2.45) is 5.10 Å². The Morgan fingerprint density at radius 2 is 1.76 bits per heavy atom. The van der Waals surface area contributed by atoms with Gasteiger partial charge in [-0.05, 0) is 54.5 Å². The van der Waals surface area contributed by atoms with Gasteiger partial charge in [-0.25, -0.2) is 0 Å². The van der Waals surface area contributed by atoms with Crippen LogP contribution in [0.2, 0.25) is 0 Å². The molecule has 1 aliphatic heterocycles. The molecule has 4 nitrogen and oxygen atoms in total. The molecule has 1 amide bonds. The number of nitrogens with zero attached hydrogens (tertiary/aromatic N) is 2. The summed E-state index contributed by atoms with van der Waals surface area (Å²) in [6, 6.07) is 25.3. The largest absolute Gasteiger partial charge is 0.489 e. The molecule has 3 aromatic carbocycles. The molecule has 0 saturated carbocycles. The van der Waals surface area contributed by atoms with E-state index < -0.39 is 0 Å². The summed E-state index contributed by atoms with van der Waals surface area (Å²) >= 11 is 3.43. The van der Waals surface area contributed by atoms with E-state index in [9.17, 15) is 4.79 Å². The molecule has 0 bridgehead atoms. The number of ether oxygens (including phenoxy) is 1. The molecule has 0 saturated heterocycles. The third-order valence-corrected chi connectivity index (χ3v) is 5.05. The highest BCUT2D eigenvalue weighted by Gasteiger charge is 2.28. The fraction of sp³-hybridized carbons (Fsp3) is 0.0833. The lowest BCUT2D eigenvalue weighted by Gasteiger charge is -2.11. The first-order chi connectivity index (χ1) is 14.1. The number of amides is 1. The summed E-state index contributed by atoms with van der Waals surface area (Å²) in [5, 5.41) is 5.86. The first kappa shape index (κ1) is 19.2. The minimum Gasteiger partial charge on any atom is -0.489 e. The number of carbonyl (C=O) groups is 1. The highest BCUT2D eigenvalue weighted by Crippen LogP contribution is 2.27. The molecule has 1 aliphatic rings. The van der Waals surface area contributed by atoms with Crippen LogP contribution in [0.1, 0.15) is 18.1 Å². The van der Waals surface area contributed by atoms with Crippen molar-refractivity contribution in [3.8, 4) is 5.75 Å². The van der Waals surface area contributed by atoms with E-state index in [1.165, 1.54) is 5.01 Å². The van der Waals surface area contributed by atoms with Gasteiger partial charge in [0.15, 0.2) is 0 Å². The van der Waals surface area contributed by atoms with Gasteiger partial charge in [0, 0.05) is 4.47 Å². The van der Waals surface area contributed by atoms with E-state index in [4.69, 9.17) is 4.74 Å². The normalized spacial score (nSPS) is 15.0. The Kier molecular flexibility index (Phi) is 5.58. The van der Waals surface area contributed by atoms with Crippen LogP contribution in [0, 0.1) is 0 Å². The maximum Gasteiger partial charge on any atom is 0.280 e. The molecule has 0 spiro atoms. The summed E-state index contributed by atoms with van der Waals surface area (Å²) in [4.78, 5) is 12.9. The Morgan fingerprint density at radius 3 is 2.48 bits per heavy atom. The molecule has 1 heterocycles. The van der Waals surface area contributed by atoms with Crippen LogP contribution in [-0.2, 0) is 11.4 Å². The average Bonchev–Trinajstić information content (AvgIpc) is 3.02. The SMILES string of the molecule is CC1=NN(c2cccc(Br)c2)C(=O)C1=Cc1ccc(OCc2ccccc2)cc1. The summed E-state index contributed by atoms with van der Waals surface area (Å²) in [5.74, 6) is 0.653. The molecular weight excluding hydrogens is 428 g/mol. The van der Waals surface area contributed by atoms with Crippen LogP contribution < -0.4 is 9.75 Å². The minimum atomic E-state index is -0.134. The second kappa shape index (κ2) is 8.45. The maximum atomic E-state index is 12.9. The molecule has 0 N–H and O–H groups in total. The van der Waals surface area contributed by atoms with Gasteiger partial charge < -0.3 is 4.74 Å². The van der Waals surface area contributed by atoms with E-state index >= 15 is 0 Å². The predicted octanol–water partition coefficient (Wildman–Crippen LogP) is 5.83. The number of hydrogen-bond donors (Lipinski definition) is 0. The summed E-state index contributed by atoms with van der Waals surface area (Å²) in [5.41, 5.74) is 4.06. The van der Waals surface area contributed by atoms with Crippen molar-refractivity contribution in [1.82, 2.24) is 0 Å². The number of halogens is 1. The minimum absolute atomic E-state index is 0.134. The number of hydrogen-bond acceptors (Lipinski definition) is 3. The Morgan fingerprint density at radius 1 is 1.00 bits per heavy atom. The molecule has 0 atom stereocenters. The Balaban J connectivity index is 1.48. The molecule has 0 fully saturated rings. The number of carbonyl (C=O) groups excluding carboxylic acids is 1. The van der Waals surface area contributed by atoms with E-state index in [0.717, 1.165) is 27.0 Å². The summed E-state index contributed by atoms with van der Waals surface area (Å²) < 4.78 is 6.72. The molecule has 5 heteroatoms. The number of anilines is 1. The molecule has 0 aromatic heterocycles. The van der Waals surface area contributed by atoms with Gasteiger partial charge >= 0.3 is 0 Å². The summed E-state index contributed by atoms with van der Waals surface area (Å²) in [6.45, 7) is 2.37. The quantitative estimate of drug-likeness (QED) is 0.462. The molecule has 0 aliphatic carbocycles. The van der Waals surface area contributed by atoms with E-state index in [-0.39, 0.29) is 5.91 Å². The zero-order chi connectivity index (χ0) is 20.2. The standard InChI is InChI=1S/C24H19BrN2O2/c1-17-23(24(28)27(26-17)21-9-5-8-20(25)15-21)14-18-10-12-22(13-11-18)29-16-19-6-3-2-4-7-19/h2-15H,16H2,1H3. The van der Waals surface area contributed by atoms with E-state index in [0.29, 0.717) is 17.9 Å². The smallest absolute Gasteiger partial charge is 0.280 e. The van der Waals surface area contributed by atoms with Gasteiger partial charge in [-0.2, -0.15) is 10.1 Å². The van der Waals surface area contributed by atoms with Gasteiger partial charge in [-0.15, -0.1) is 0 Å². The molecule has 0 unspecified atom stereocenters. The van der Waals surface area contributed by atoms with Gasteiger partial charge in [-0.1, -0.05) is 64.5 Å². The van der Waals surface area contributed by atoms with E-state index in [1.807, 2.05) is 91.9 Å². The molecule has 4 rings (SSSR count). The fourth-order valence-electron chi connectivity index (χ4n) is 3.04. The topological polar surface area (TPSA) is 41.9 Å². The molecule has 29 heavy (non-hydrogen) atoms. The fourth-order valence-corrected chi connectivity index (χ4v) is 3.42. The zero-order valence-electron chi connectivity index (χ0n) is 15.9. The maximum absolute atomic E-state index is 12.9. The Labute approximate surface area is 178 Å². The third kappa shape index (κ3) is 4.46. The highest BCUT2D eigenvalue weighted by atomic mass is 79.9. The van der Waals surface area contributed by atoms with Crippen molar-refractivity contribution in [2.75, 3.05) is 5.01 Å². The van der Waals surface area contributed by atoms with Gasteiger partial charge in [-0.3, -0.25) is 4.79 Å². The number of rotatable bonds is 5. The van der Waals surface area contributed by atoms with E-state index in [1.54, 1.807) is 0 Å². The van der Waals surface area contributed by atoms with Crippen LogP contribution in [0.5, 0.6) is 5.75 Å². The van der Waals surface area contributed by atoms with Crippen molar-refractivity contribution < 1.29 is 9.53 Å². The summed E-state index contributed by atoms with van der Waals surface area (Å²) in [6.07, 6.45) is 1.86. The van der Waals surface area contributed by atoms with Crippen LogP contribution in [0.3, 0.4) is 0 Å². The number of hydrazone groups is 1. The third-order valence-electron chi connectivity index (χ3n) is 4.55. The van der Waals surface area contributed by atoms with Gasteiger partial charge in [0.05, 0.1) is 17.0 Å². The van der Waals surface area contributed by atoms with Crippen LogP contribution in [0.25, 0.3) is 6.08 Å². The summed E-state index contributed by atoms with van der Waals surface area (Å²) in [7, 11) is 0. The van der Waals surface area contributed by atoms with Crippen molar-refractivity contribution >= 4 is 39.3 Å². The van der Waals surface area contributed by atoms with Gasteiger partial charge in [0.1, 0.15) is 12.4 Å². The lowest BCUT2D eigenvalue weighted by molar-refractivity contribution is -0.114. The van der Waals surface area contributed by atoms with Crippen molar-refractivity contribution in [3.05, 3.63) is 100 Å². The second-order valence-electron chi connectivity index (χ2n) is 6.68. The van der Waals surface area contributed by atoms with Crippen molar-refractivity contribution in [1.29, 1.82) is 0 Å². The van der Waals surface area contributed by atoms with Gasteiger partial charge in [0.2, 0.25) is 0 Å². The lowest BCUT2D eigenvalue weighted by Crippen LogP contribution is -2.21. The highest BCUT2D eigenvalue weighted by molar-refractivity contribution is 9.10. The zero-order valence-corrected chi connectivity index (χ0v) is 17.5. The monoisotopic (exact) mass is 446 g/mol. The van der Waals surface area contributed by atoms with Crippen LogP contribution in [0.15, 0.2) is 94.0 Å². The second-order valence-corrected chi connectivity index (χ2v) is 7.60. The first-order valence-electron chi connectivity index (χ1n) is 9.24. The molecule has 3 aromatic rings. The van der Waals surface area contributed by atoms with E-state index in [2.05, 4.69) is 21.0 Å². The Hall–Kier alpha value is -3.18. The van der Waals surface area contributed by atoms with Crippen LogP contribution in [-0.4, -0.2) is 11.6 Å². The molecular formula is C24H19BrN2O2. The molecule has 144 valence electrons. The van der Waals surface area contributed by atoms with Crippen molar-refractivity contribution in [2.45, 2.75) is 13.5 Å².